The number of aliphatic hydroxyl groups is 2. The molecule has 12 heteroatoms. The highest BCUT2D eigenvalue weighted by Crippen LogP contribution is 2.26. The van der Waals surface area contributed by atoms with Crippen molar-refractivity contribution in [3.63, 3.8) is 0 Å². The number of hydrogen-bond donors (Lipinski definition) is 3. The minimum atomic E-state index is -1.93. The van der Waals surface area contributed by atoms with E-state index in [0.717, 1.165) is 116 Å². The zero-order valence-corrected chi connectivity index (χ0v) is 47.4. The Morgan fingerprint density at radius 1 is 0.455 bits per heavy atom. The van der Waals surface area contributed by atoms with Crippen LogP contribution in [0.15, 0.2) is 134 Å². The summed E-state index contributed by atoms with van der Waals surface area (Å²) in [5, 5.41) is 31.5. The van der Waals surface area contributed by atoms with Gasteiger partial charge in [-0.15, -0.1) is 0 Å². The Bertz CT molecular complexity index is 1850. The van der Waals surface area contributed by atoms with E-state index in [-0.39, 0.29) is 25.9 Å². The fraction of sp³-hybridized carbons (Fsp3) is 0.600. The number of carbonyl (C=O) groups is 4. The van der Waals surface area contributed by atoms with E-state index in [4.69, 9.17) is 23.7 Å². The smallest absolute Gasteiger partial charge is 0.335 e. The van der Waals surface area contributed by atoms with Gasteiger partial charge in [-0.25, -0.2) is 4.79 Å². The topological polar surface area (TPSA) is 175 Å². The molecule has 0 spiro atoms. The highest BCUT2D eigenvalue weighted by atomic mass is 16.7. The summed E-state index contributed by atoms with van der Waals surface area (Å²) < 4.78 is 28.2. The molecule has 1 saturated heterocycles. The summed E-state index contributed by atoms with van der Waals surface area (Å²) in [6, 6.07) is 0. The molecule has 432 valence electrons. The SMILES string of the molecule is CC/C=C\C/C=C\C/C=C\C/C=C\C/C=C\CCCCCC(=O)OC1C(OCC(COC(=O)C/C=C/C/C=C\C/C=C\C/C=C\C/C=C\CC)OC(=O)CCCCCCC/C=C\CCCCCC)OC(C(=O)O)C(O)C1O. The third-order valence-electron chi connectivity index (χ3n) is 12.2. The highest BCUT2D eigenvalue weighted by Gasteiger charge is 2.50. The van der Waals surface area contributed by atoms with Crippen LogP contribution in [0.2, 0.25) is 0 Å². The van der Waals surface area contributed by atoms with Gasteiger partial charge in [-0.05, 0) is 116 Å². The summed E-state index contributed by atoms with van der Waals surface area (Å²) >= 11 is 0. The molecule has 0 bridgehead atoms. The number of ether oxygens (including phenoxy) is 5. The maximum absolute atomic E-state index is 13.1. The predicted octanol–water partition coefficient (Wildman–Crippen LogP) is 15.0. The lowest BCUT2D eigenvalue weighted by atomic mass is 9.98. The molecule has 0 amide bonds. The zero-order chi connectivity index (χ0) is 56.1. The molecule has 0 aromatic rings. The van der Waals surface area contributed by atoms with Gasteiger partial charge >= 0.3 is 23.9 Å². The summed E-state index contributed by atoms with van der Waals surface area (Å²) in [4.78, 5) is 51.0. The predicted molar refractivity (Wildman–Crippen MR) is 312 cm³/mol. The van der Waals surface area contributed by atoms with Crippen LogP contribution in [0, 0.1) is 0 Å². The van der Waals surface area contributed by atoms with Crippen LogP contribution in [-0.4, -0.2) is 89.2 Å². The van der Waals surface area contributed by atoms with E-state index in [1.54, 1.807) is 6.08 Å². The van der Waals surface area contributed by atoms with E-state index < -0.39 is 67.3 Å². The van der Waals surface area contributed by atoms with E-state index in [2.05, 4.69) is 136 Å². The minimum absolute atomic E-state index is 0.00435. The average Bonchev–Trinajstić information content (AvgIpc) is 3.42. The molecule has 1 aliphatic rings. The fourth-order valence-electron chi connectivity index (χ4n) is 7.81. The van der Waals surface area contributed by atoms with Crippen molar-refractivity contribution in [2.75, 3.05) is 13.2 Å². The van der Waals surface area contributed by atoms with E-state index in [9.17, 15) is 34.5 Å². The van der Waals surface area contributed by atoms with Crippen molar-refractivity contribution in [2.45, 2.75) is 237 Å². The Hall–Kier alpha value is -5.14. The monoisotopic (exact) mass is 1070 g/mol. The summed E-state index contributed by atoms with van der Waals surface area (Å²) in [6.45, 7) is 5.62. The van der Waals surface area contributed by atoms with Gasteiger partial charge in [-0.2, -0.15) is 0 Å². The highest BCUT2D eigenvalue weighted by molar-refractivity contribution is 5.74. The van der Waals surface area contributed by atoms with Crippen LogP contribution < -0.4 is 0 Å². The third kappa shape index (κ3) is 41.6. The van der Waals surface area contributed by atoms with Gasteiger partial charge in [0.25, 0.3) is 0 Å². The van der Waals surface area contributed by atoms with Crippen LogP contribution in [0.1, 0.15) is 201 Å². The molecule has 12 nitrogen and oxygen atoms in total. The van der Waals surface area contributed by atoms with Gasteiger partial charge < -0.3 is 39.0 Å². The Kier molecular flexibility index (Phi) is 46.8. The first-order chi connectivity index (χ1) is 37.6. The second-order valence-corrected chi connectivity index (χ2v) is 19.2. The van der Waals surface area contributed by atoms with Crippen molar-refractivity contribution in [3.05, 3.63) is 134 Å². The molecular weight excluding hydrogens is 973 g/mol. The van der Waals surface area contributed by atoms with Crippen molar-refractivity contribution >= 4 is 23.9 Å². The third-order valence-corrected chi connectivity index (χ3v) is 12.2. The lowest BCUT2D eigenvalue weighted by Gasteiger charge is -2.40. The first-order valence-corrected chi connectivity index (χ1v) is 29.2. The molecule has 6 atom stereocenters. The fourth-order valence-corrected chi connectivity index (χ4v) is 7.81. The molecular formula is C65H100O12. The van der Waals surface area contributed by atoms with Crippen molar-refractivity contribution in [3.8, 4) is 0 Å². The summed E-state index contributed by atoms with van der Waals surface area (Å²) in [7, 11) is 0. The van der Waals surface area contributed by atoms with E-state index in [1.807, 2.05) is 12.2 Å². The molecule has 77 heavy (non-hydrogen) atoms. The van der Waals surface area contributed by atoms with Gasteiger partial charge in [0, 0.05) is 12.8 Å². The standard InChI is InChI=1S/C65H100O12/c1-4-7-10-13-16-19-22-25-27-28-29-30-32-35-38-41-44-47-50-53-59(68)76-63-61(70)60(69)62(64(71)72)77-65(63)74-55-56(75-58(67)52-49-46-43-40-37-33-24-21-18-15-12-9-6-3)54-73-57(66)51-48-45-42-39-36-34-31-26-23-20-17-14-11-8-5-2/h7-8,10-11,16-17,19-21,24-27,29-31,35-36,38-39,45,48,56,60-63,65,69-70H,4-6,9,12-15,18,22-23,28,32-34,37,40-44,46-47,49-55H2,1-3H3,(H,71,72)/b10-7-,11-8-,19-16-,20-17-,24-21-,27-25-,30-29-,31-26-,38-35-,39-36-,48-45+. The van der Waals surface area contributed by atoms with Gasteiger partial charge in [0.1, 0.15) is 18.8 Å². The molecule has 0 aromatic heterocycles. The Balaban J connectivity index is 2.77. The summed E-state index contributed by atoms with van der Waals surface area (Å²) in [5.74, 6) is -3.36. The van der Waals surface area contributed by atoms with Crippen molar-refractivity contribution < 1.29 is 58.2 Å². The number of unbranched alkanes of at least 4 members (excludes halogenated alkanes) is 12. The quantitative estimate of drug-likeness (QED) is 0.0228. The average molecular weight is 1070 g/mol. The molecule has 1 heterocycles. The van der Waals surface area contributed by atoms with E-state index in [1.165, 1.54) is 25.7 Å². The molecule has 6 unspecified atom stereocenters. The number of carboxylic acid groups (broad SMARTS) is 1. The number of aliphatic carboxylic acids is 1. The lowest BCUT2D eigenvalue weighted by Crippen LogP contribution is -2.61. The van der Waals surface area contributed by atoms with Crippen molar-refractivity contribution in [1.29, 1.82) is 0 Å². The molecule has 0 radical (unpaired) electrons. The Morgan fingerprint density at radius 3 is 1.34 bits per heavy atom. The van der Waals surface area contributed by atoms with Crippen LogP contribution in [-0.2, 0) is 42.9 Å². The van der Waals surface area contributed by atoms with E-state index >= 15 is 0 Å². The molecule has 0 aromatic carbocycles. The zero-order valence-electron chi connectivity index (χ0n) is 47.4. The second kappa shape index (κ2) is 51.6. The minimum Gasteiger partial charge on any atom is -0.479 e. The Morgan fingerprint density at radius 2 is 0.857 bits per heavy atom. The normalized spacial score (nSPS) is 19.0. The van der Waals surface area contributed by atoms with Crippen LogP contribution in [0.4, 0.5) is 0 Å². The van der Waals surface area contributed by atoms with Gasteiger partial charge in [-0.3, -0.25) is 14.4 Å². The van der Waals surface area contributed by atoms with Crippen LogP contribution >= 0.6 is 0 Å². The van der Waals surface area contributed by atoms with Gasteiger partial charge in [0.2, 0.25) is 0 Å². The number of carboxylic acids is 1. The number of allylic oxidation sites excluding steroid dienone is 21. The van der Waals surface area contributed by atoms with Crippen molar-refractivity contribution in [2.24, 2.45) is 0 Å². The number of rotatable bonds is 47. The molecule has 0 aliphatic carbocycles. The molecule has 1 fully saturated rings. The van der Waals surface area contributed by atoms with Crippen molar-refractivity contribution in [1.82, 2.24) is 0 Å². The Labute approximate surface area is 464 Å². The number of esters is 3. The largest absolute Gasteiger partial charge is 0.479 e. The van der Waals surface area contributed by atoms with Crippen LogP contribution in [0.5, 0.6) is 0 Å². The summed E-state index contributed by atoms with van der Waals surface area (Å²) in [5.41, 5.74) is 0. The first-order valence-electron chi connectivity index (χ1n) is 29.2. The first kappa shape index (κ1) is 69.9. The van der Waals surface area contributed by atoms with E-state index in [0.29, 0.717) is 19.3 Å². The van der Waals surface area contributed by atoms with Gasteiger partial charge in [-0.1, -0.05) is 199 Å². The maximum atomic E-state index is 13.1. The van der Waals surface area contributed by atoms with Gasteiger partial charge in [0.05, 0.1) is 13.0 Å². The summed E-state index contributed by atoms with van der Waals surface area (Å²) in [6.07, 6.45) is 60.2. The number of carbonyl (C=O) groups excluding carboxylic acids is 3. The maximum Gasteiger partial charge on any atom is 0.335 e. The number of aliphatic hydroxyl groups excluding tert-OH is 2. The second-order valence-electron chi connectivity index (χ2n) is 19.2. The van der Waals surface area contributed by atoms with Gasteiger partial charge in [0.15, 0.2) is 24.6 Å². The number of hydrogen-bond acceptors (Lipinski definition) is 11. The van der Waals surface area contributed by atoms with Crippen LogP contribution in [0.3, 0.4) is 0 Å². The molecule has 3 N–H and O–H groups in total. The molecule has 1 rings (SSSR count). The van der Waals surface area contributed by atoms with Crippen LogP contribution in [0.25, 0.3) is 0 Å². The molecule has 0 saturated carbocycles. The molecule has 1 aliphatic heterocycles. The lowest BCUT2D eigenvalue weighted by molar-refractivity contribution is -0.301.